The van der Waals surface area contributed by atoms with Crippen LogP contribution in [-0.2, 0) is 30.2 Å². The van der Waals surface area contributed by atoms with Gasteiger partial charge in [-0.25, -0.2) is 0 Å². The molecule has 1 heteroatoms. The Morgan fingerprint density at radius 1 is 0.500 bits per heavy atom. The zero-order valence-electron chi connectivity index (χ0n) is 19.5. The fraction of sp³-hybridized carbons (Fsp3) is 0.121. The first-order chi connectivity index (χ1) is 16.8. The Kier molecular flexibility index (Phi) is 7.29. The summed E-state index contributed by atoms with van der Waals surface area (Å²) in [7, 11) is 0. The van der Waals surface area contributed by atoms with Gasteiger partial charge in [0.15, 0.2) is 0 Å². The minimum Gasteiger partial charge on any atom is -0.0622 e. The van der Waals surface area contributed by atoms with Crippen molar-refractivity contribution >= 4 is 17.0 Å². The molecule has 166 valence electrons. The zero-order valence-corrected chi connectivity index (χ0v) is 21.0. The first kappa shape index (κ1) is 22.7. The van der Waals surface area contributed by atoms with Gasteiger partial charge in [0.1, 0.15) is 0 Å². The molecule has 0 radical (unpaired) electrons. The molecule has 0 saturated carbocycles. The van der Waals surface area contributed by atoms with E-state index < -0.39 is 17.4 Å². The Bertz CT molecular complexity index is 1210. The molecule has 2 atom stereocenters. The van der Waals surface area contributed by atoms with Crippen molar-refractivity contribution in [2.45, 2.75) is 21.3 Å². The van der Waals surface area contributed by atoms with E-state index in [2.05, 4.69) is 138 Å². The predicted molar refractivity (Wildman–Crippen MR) is 144 cm³/mol. The van der Waals surface area contributed by atoms with Crippen molar-refractivity contribution in [1.82, 2.24) is 0 Å². The second kappa shape index (κ2) is 10.9. The third kappa shape index (κ3) is 5.20. The van der Waals surface area contributed by atoms with Crippen LogP contribution in [0.2, 0.25) is 0 Å². The number of rotatable bonds is 5. The topological polar surface area (TPSA) is 0 Å². The number of hydrogen-bond donors (Lipinski definition) is 0. The molecule has 0 N–H and O–H groups in total. The Balaban J connectivity index is 0.000000152. The number of allylic oxidation sites excluding steroid dienone is 2. The number of hydrogen-bond acceptors (Lipinski definition) is 0. The molecule has 4 aromatic rings. The number of aryl methyl sites for hydroxylation is 2. The van der Waals surface area contributed by atoms with Crippen LogP contribution in [-0.4, -0.2) is 4.82 Å². The summed E-state index contributed by atoms with van der Waals surface area (Å²) < 4.78 is 1.18. The van der Waals surface area contributed by atoms with E-state index in [0.29, 0.717) is 8.45 Å². The van der Waals surface area contributed by atoms with Crippen molar-refractivity contribution in [2.24, 2.45) is 0 Å². The largest absolute Gasteiger partial charge is 0.0622 e. The van der Waals surface area contributed by atoms with Crippen LogP contribution in [0.15, 0.2) is 121 Å². The molecule has 6 rings (SSSR count). The van der Waals surface area contributed by atoms with Gasteiger partial charge in [-0.1, -0.05) is 60.7 Å². The predicted octanol–water partition coefficient (Wildman–Crippen LogP) is 8.04. The third-order valence-corrected chi connectivity index (χ3v) is 10.9. The molecular weight excluding hydrogens is 444 g/mol. The molecule has 0 fully saturated rings. The zero-order chi connectivity index (χ0) is 23.2. The van der Waals surface area contributed by atoms with Gasteiger partial charge in [0.25, 0.3) is 0 Å². The number of fused-ring (bicyclic) bond motifs is 2. The molecule has 34 heavy (non-hydrogen) atoms. The average molecular weight is 474 g/mol. The summed E-state index contributed by atoms with van der Waals surface area (Å²) in [5.41, 5.74) is 8.60. The normalized spacial score (nSPS) is 16.9. The minimum absolute atomic E-state index is 0.590. The minimum atomic E-state index is -1.51. The van der Waals surface area contributed by atoms with Crippen LogP contribution in [0.3, 0.4) is 0 Å². The summed E-state index contributed by atoms with van der Waals surface area (Å²) in [6, 6.07) is 38.8. The molecule has 0 bridgehead atoms. The van der Waals surface area contributed by atoms with Gasteiger partial charge < -0.3 is 0 Å². The van der Waals surface area contributed by atoms with E-state index in [1.165, 1.54) is 33.4 Å². The third-order valence-electron chi connectivity index (χ3n) is 6.79. The molecule has 0 heterocycles. The maximum atomic E-state index is 4.66. The Hall–Kier alpha value is -3.06. The van der Waals surface area contributed by atoms with Crippen LogP contribution < -0.4 is 0 Å². The van der Waals surface area contributed by atoms with E-state index in [9.17, 15) is 0 Å². The van der Waals surface area contributed by atoms with Crippen LogP contribution in [0, 0.1) is 0 Å². The molecular formula is C33H30Ti. The molecule has 2 aliphatic carbocycles. The van der Waals surface area contributed by atoms with Crippen LogP contribution in [0.4, 0.5) is 0 Å². The van der Waals surface area contributed by atoms with Gasteiger partial charge in [-0.15, -0.1) is 0 Å². The van der Waals surface area contributed by atoms with Crippen molar-refractivity contribution in [3.8, 4) is 0 Å². The van der Waals surface area contributed by atoms with Crippen LogP contribution in [0.5, 0.6) is 0 Å². The molecule has 0 spiro atoms. The standard InChI is InChI=1S/C14H14.2C9H7.CH2.Ti/c1-3-7-13(8-4-1)11-12-14-9-5-2-6-10-14;2*1-2-5-9-7-3-6-8(9)4-1;;/h1-10H,11-12H2;2*1-7H;1H2;. The first-order valence-electron chi connectivity index (χ1n) is 12.1. The van der Waals surface area contributed by atoms with Crippen LogP contribution in [0.25, 0.3) is 12.2 Å². The van der Waals surface area contributed by atoms with E-state index in [-0.39, 0.29) is 0 Å². The van der Waals surface area contributed by atoms with E-state index in [0.717, 1.165) is 12.8 Å². The summed E-state index contributed by atoms with van der Waals surface area (Å²) in [5, 5.41) is 0. The van der Waals surface area contributed by atoms with E-state index in [1.54, 1.807) is 0 Å². The number of benzene rings is 4. The van der Waals surface area contributed by atoms with Crippen molar-refractivity contribution in [3.05, 3.63) is 155 Å². The van der Waals surface area contributed by atoms with Gasteiger partial charge in [0.2, 0.25) is 0 Å². The summed E-state index contributed by atoms with van der Waals surface area (Å²) in [6.07, 6.45) is 11.6. The fourth-order valence-electron chi connectivity index (χ4n) is 4.92. The Labute approximate surface area is 209 Å². The summed E-state index contributed by atoms with van der Waals surface area (Å²) in [6.45, 7) is 0. The van der Waals surface area contributed by atoms with Crippen molar-refractivity contribution < 1.29 is 17.4 Å². The Morgan fingerprint density at radius 3 is 1.32 bits per heavy atom. The quantitative estimate of drug-likeness (QED) is 0.257. The van der Waals surface area contributed by atoms with E-state index in [1.807, 2.05) is 0 Å². The molecule has 0 aliphatic heterocycles. The SMILES string of the molecule is [CH2]=[Ti]([CH]1C=Cc2ccccc21)[CH]1C=Cc2ccccc21.c1ccc(CCc2ccccc2)cc1. The van der Waals surface area contributed by atoms with Gasteiger partial charge >= 0.3 is 126 Å². The van der Waals surface area contributed by atoms with Gasteiger partial charge in [-0.05, 0) is 24.0 Å². The maximum absolute atomic E-state index is 4.66. The smallest absolute Gasteiger partial charge is 0.0238 e. The van der Waals surface area contributed by atoms with Crippen molar-refractivity contribution in [1.29, 1.82) is 0 Å². The maximum Gasteiger partial charge on any atom is -0.0238 e. The monoisotopic (exact) mass is 474 g/mol. The second-order valence-electron chi connectivity index (χ2n) is 8.98. The first-order valence-corrected chi connectivity index (χ1v) is 15.0. The molecule has 0 saturated heterocycles. The van der Waals surface area contributed by atoms with Crippen LogP contribution in [0.1, 0.15) is 41.8 Å². The van der Waals surface area contributed by atoms with Gasteiger partial charge in [0, 0.05) is 0 Å². The van der Waals surface area contributed by atoms with Gasteiger partial charge in [-0.2, -0.15) is 0 Å². The fourth-order valence-corrected chi connectivity index (χ4v) is 8.66. The Morgan fingerprint density at radius 2 is 0.882 bits per heavy atom. The molecule has 2 unspecified atom stereocenters. The summed E-state index contributed by atoms with van der Waals surface area (Å²) in [5.74, 6) is 0. The molecule has 2 aliphatic rings. The molecule has 4 aromatic carbocycles. The second-order valence-corrected chi connectivity index (χ2v) is 12.7. The van der Waals surface area contributed by atoms with Gasteiger partial charge in [-0.3, -0.25) is 0 Å². The summed E-state index contributed by atoms with van der Waals surface area (Å²) in [4.78, 5) is 4.66. The molecule has 0 nitrogen and oxygen atoms in total. The average Bonchev–Trinajstić information content (AvgIpc) is 3.54. The molecule has 0 amide bonds. The molecule has 0 aromatic heterocycles. The van der Waals surface area contributed by atoms with Crippen molar-refractivity contribution in [3.63, 3.8) is 0 Å². The van der Waals surface area contributed by atoms with E-state index in [4.69, 9.17) is 0 Å². The van der Waals surface area contributed by atoms with E-state index >= 15 is 0 Å². The summed E-state index contributed by atoms with van der Waals surface area (Å²) >= 11 is -1.51. The van der Waals surface area contributed by atoms with Crippen molar-refractivity contribution in [2.75, 3.05) is 0 Å². The van der Waals surface area contributed by atoms with Crippen LogP contribution >= 0.6 is 0 Å². The van der Waals surface area contributed by atoms with Gasteiger partial charge in [0.05, 0.1) is 0 Å².